The molecular weight excluding hydrogens is 482 g/mol. The van der Waals surface area contributed by atoms with Gasteiger partial charge in [0.1, 0.15) is 5.75 Å². The van der Waals surface area contributed by atoms with E-state index in [0.29, 0.717) is 11.8 Å². The second-order valence-corrected chi connectivity index (χ2v) is 12.0. The Labute approximate surface area is 234 Å². The first-order valence-electron chi connectivity index (χ1n) is 15.1. The molecule has 2 aliphatic rings. The van der Waals surface area contributed by atoms with E-state index in [2.05, 4.69) is 60.8 Å². The number of rotatable bonds is 9. The number of hydrogen-bond donors (Lipinski definition) is 1. The number of nitrogens with one attached hydrogen (secondary N) is 1. The Morgan fingerprint density at radius 3 is 2.56 bits per heavy atom. The molecule has 0 atom stereocenters. The van der Waals surface area contributed by atoms with Crippen molar-refractivity contribution in [3.8, 4) is 16.9 Å². The number of carbonyl (C=O) groups is 1. The van der Waals surface area contributed by atoms with E-state index in [1.165, 1.54) is 43.2 Å². The average molecular weight is 528 g/mol. The minimum absolute atomic E-state index is 0.230. The van der Waals surface area contributed by atoms with Gasteiger partial charge in [0, 0.05) is 29.4 Å². The fourth-order valence-electron chi connectivity index (χ4n) is 7.06. The summed E-state index contributed by atoms with van der Waals surface area (Å²) in [6, 6.07) is 14.9. The second-order valence-electron chi connectivity index (χ2n) is 12.0. The third-order valence-corrected chi connectivity index (χ3v) is 9.25. The second kappa shape index (κ2) is 12.4. The lowest BCUT2D eigenvalue weighted by Gasteiger charge is -2.40. The summed E-state index contributed by atoms with van der Waals surface area (Å²) in [6.45, 7) is 5.21. The molecule has 0 saturated heterocycles. The molecule has 39 heavy (non-hydrogen) atoms. The average Bonchev–Trinajstić information content (AvgIpc) is 3.43. The van der Waals surface area contributed by atoms with E-state index in [4.69, 9.17) is 4.74 Å². The van der Waals surface area contributed by atoms with Crippen LogP contribution < -0.4 is 10.1 Å². The van der Waals surface area contributed by atoms with E-state index in [1.807, 2.05) is 23.0 Å². The maximum atomic E-state index is 13.9. The van der Waals surface area contributed by atoms with Crippen molar-refractivity contribution in [1.82, 2.24) is 9.78 Å². The molecule has 2 saturated carbocycles. The molecule has 5 nitrogen and oxygen atoms in total. The Hall–Kier alpha value is -3.08. The van der Waals surface area contributed by atoms with E-state index in [0.717, 1.165) is 67.6 Å². The molecule has 208 valence electrons. The molecule has 2 aliphatic carbocycles. The van der Waals surface area contributed by atoms with Crippen LogP contribution in [0.4, 0.5) is 5.69 Å². The monoisotopic (exact) mass is 527 g/mol. The predicted octanol–water partition coefficient (Wildman–Crippen LogP) is 8.53. The van der Waals surface area contributed by atoms with E-state index < -0.39 is 0 Å². The smallest absolute Gasteiger partial charge is 0.230 e. The summed E-state index contributed by atoms with van der Waals surface area (Å²) in [5, 5.41) is 7.84. The highest BCUT2D eigenvalue weighted by molar-refractivity contribution is 5.96. The Morgan fingerprint density at radius 2 is 1.85 bits per heavy atom. The molecule has 1 N–H and O–H groups in total. The van der Waals surface area contributed by atoms with Crippen molar-refractivity contribution in [2.75, 3.05) is 12.4 Å². The maximum Gasteiger partial charge on any atom is 0.230 e. The van der Waals surface area contributed by atoms with Gasteiger partial charge in [-0.2, -0.15) is 5.10 Å². The molecule has 0 unspecified atom stereocenters. The number of anilines is 1. The Balaban J connectivity index is 1.24. The highest BCUT2D eigenvalue weighted by atomic mass is 16.5. The molecule has 0 radical (unpaired) electrons. The number of aromatic nitrogens is 2. The van der Waals surface area contributed by atoms with Crippen LogP contribution in [0.25, 0.3) is 11.1 Å². The van der Waals surface area contributed by atoms with E-state index in [9.17, 15) is 4.79 Å². The molecule has 1 amide bonds. The topological polar surface area (TPSA) is 56.2 Å². The zero-order chi connectivity index (χ0) is 27.2. The van der Waals surface area contributed by atoms with Gasteiger partial charge in [-0.25, -0.2) is 0 Å². The molecular formula is C34H45N3O2. The number of ether oxygens (including phenoxy) is 1. The Bertz CT molecular complexity index is 1250. The zero-order valence-electron chi connectivity index (χ0n) is 24.0. The quantitative estimate of drug-likeness (QED) is 0.303. The summed E-state index contributed by atoms with van der Waals surface area (Å²) in [5.74, 6) is 2.44. The SMILES string of the molecule is CCCn1cc(-c2cccc(NC(=O)C3(C[C@H]4CC[C@H](c5ccc(OC)c(C)c5)CC4)CCCCC3)c2)cn1. The van der Waals surface area contributed by atoms with Gasteiger partial charge >= 0.3 is 0 Å². The van der Waals surface area contributed by atoms with Crippen LogP contribution in [0.5, 0.6) is 5.75 Å². The van der Waals surface area contributed by atoms with Crippen molar-refractivity contribution in [2.24, 2.45) is 11.3 Å². The molecule has 5 rings (SSSR count). The summed E-state index contributed by atoms with van der Waals surface area (Å²) in [4.78, 5) is 13.9. The van der Waals surface area contributed by atoms with Gasteiger partial charge < -0.3 is 10.1 Å². The lowest BCUT2D eigenvalue weighted by atomic mass is 9.65. The third kappa shape index (κ3) is 6.40. The highest BCUT2D eigenvalue weighted by Crippen LogP contribution is 2.47. The van der Waals surface area contributed by atoms with Crippen LogP contribution >= 0.6 is 0 Å². The summed E-state index contributed by atoms with van der Waals surface area (Å²) < 4.78 is 7.45. The zero-order valence-corrected chi connectivity index (χ0v) is 24.0. The van der Waals surface area contributed by atoms with Crippen molar-refractivity contribution in [3.05, 3.63) is 66.0 Å². The number of carbonyl (C=O) groups excluding carboxylic acids is 1. The minimum atomic E-state index is -0.242. The van der Waals surface area contributed by atoms with Crippen LogP contribution in [0.3, 0.4) is 0 Å². The van der Waals surface area contributed by atoms with Crippen LogP contribution in [0.2, 0.25) is 0 Å². The largest absolute Gasteiger partial charge is 0.496 e. The molecule has 5 heteroatoms. The molecule has 0 spiro atoms. The van der Waals surface area contributed by atoms with Gasteiger partial charge in [0.25, 0.3) is 0 Å². The standard InChI is InChI=1S/C34H45N3O2/c1-4-19-37-24-30(23-35-37)28-9-8-10-31(21-28)36-33(38)34(17-6-5-7-18-34)22-26-11-13-27(14-12-26)29-15-16-32(39-3)25(2)20-29/h8-10,15-16,20-21,23-24,26-27H,4-7,11-14,17-19,22H2,1-3H3,(H,36,38)/t26-,27-. The molecule has 3 aromatic rings. The number of methoxy groups -OCH3 is 1. The van der Waals surface area contributed by atoms with Gasteiger partial charge in [0.15, 0.2) is 0 Å². The van der Waals surface area contributed by atoms with Crippen molar-refractivity contribution >= 4 is 11.6 Å². The van der Waals surface area contributed by atoms with Gasteiger partial charge in [-0.3, -0.25) is 9.48 Å². The van der Waals surface area contributed by atoms with Crippen LogP contribution in [0.1, 0.15) is 94.6 Å². The predicted molar refractivity (Wildman–Crippen MR) is 159 cm³/mol. The van der Waals surface area contributed by atoms with Crippen LogP contribution in [-0.4, -0.2) is 22.8 Å². The van der Waals surface area contributed by atoms with E-state index in [1.54, 1.807) is 7.11 Å². The molecule has 1 heterocycles. The number of amides is 1. The summed E-state index contributed by atoms with van der Waals surface area (Å²) in [5.41, 5.74) is 5.50. The lowest BCUT2D eigenvalue weighted by molar-refractivity contribution is -0.128. The molecule has 2 aromatic carbocycles. The van der Waals surface area contributed by atoms with E-state index >= 15 is 0 Å². The number of hydrogen-bond acceptors (Lipinski definition) is 3. The highest BCUT2D eigenvalue weighted by Gasteiger charge is 2.42. The fourth-order valence-corrected chi connectivity index (χ4v) is 7.06. The molecule has 1 aromatic heterocycles. The fraction of sp³-hybridized carbons (Fsp3) is 0.529. The summed E-state index contributed by atoms with van der Waals surface area (Å²) >= 11 is 0. The van der Waals surface area contributed by atoms with Crippen molar-refractivity contribution in [2.45, 2.75) is 96.9 Å². The lowest BCUT2D eigenvalue weighted by Crippen LogP contribution is -2.40. The summed E-state index contributed by atoms with van der Waals surface area (Å²) in [6.07, 6.45) is 16.5. The molecule has 0 aliphatic heterocycles. The maximum absolute atomic E-state index is 13.9. The normalized spacial score (nSPS) is 20.9. The first-order chi connectivity index (χ1) is 19.0. The number of benzene rings is 2. The van der Waals surface area contributed by atoms with Crippen LogP contribution in [-0.2, 0) is 11.3 Å². The van der Waals surface area contributed by atoms with Crippen molar-refractivity contribution < 1.29 is 9.53 Å². The first kappa shape index (κ1) is 27.5. The van der Waals surface area contributed by atoms with Gasteiger partial charge in [0.05, 0.1) is 13.3 Å². The van der Waals surface area contributed by atoms with E-state index in [-0.39, 0.29) is 11.3 Å². The van der Waals surface area contributed by atoms with Gasteiger partial charge in [-0.15, -0.1) is 0 Å². The van der Waals surface area contributed by atoms with Crippen LogP contribution in [0, 0.1) is 18.3 Å². The van der Waals surface area contributed by atoms with Gasteiger partial charge in [-0.05, 0) is 105 Å². The van der Waals surface area contributed by atoms with Gasteiger partial charge in [-0.1, -0.05) is 50.5 Å². The minimum Gasteiger partial charge on any atom is -0.496 e. The number of nitrogens with zero attached hydrogens (tertiary/aromatic N) is 2. The molecule has 2 fully saturated rings. The summed E-state index contributed by atoms with van der Waals surface area (Å²) in [7, 11) is 1.74. The third-order valence-electron chi connectivity index (χ3n) is 9.25. The van der Waals surface area contributed by atoms with Crippen molar-refractivity contribution in [3.63, 3.8) is 0 Å². The Morgan fingerprint density at radius 1 is 1.05 bits per heavy atom. The van der Waals surface area contributed by atoms with Crippen LogP contribution in [0.15, 0.2) is 54.9 Å². The number of aryl methyl sites for hydroxylation is 2. The van der Waals surface area contributed by atoms with Gasteiger partial charge in [0.2, 0.25) is 5.91 Å². The molecule has 0 bridgehead atoms. The van der Waals surface area contributed by atoms with Crippen molar-refractivity contribution in [1.29, 1.82) is 0 Å². The first-order valence-corrected chi connectivity index (χ1v) is 15.1. The Kier molecular flexibility index (Phi) is 8.74.